The van der Waals surface area contributed by atoms with E-state index < -0.39 is 0 Å². The Morgan fingerprint density at radius 1 is 1.12 bits per heavy atom. The quantitative estimate of drug-likeness (QED) is 0.722. The molecular weight excluding hydrogens is 332 g/mol. The van der Waals surface area contributed by atoms with Crippen LogP contribution in [0.1, 0.15) is 11.8 Å². The van der Waals surface area contributed by atoms with Gasteiger partial charge in [0.15, 0.2) is 0 Å². The minimum atomic E-state index is 0.0754. The lowest BCUT2D eigenvalue weighted by molar-refractivity contribution is 0.203. The Labute approximate surface area is 151 Å². The largest absolute Gasteiger partial charge is 0.369 e. The molecule has 3 heterocycles. The average Bonchev–Trinajstić information content (AvgIpc) is 3.10. The zero-order valence-electron chi connectivity index (χ0n) is 14.4. The highest BCUT2D eigenvalue weighted by atomic mass is 32.1. The molecule has 0 radical (unpaired) electrons. The van der Waals surface area contributed by atoms with Gasteiger partial charge in [-0.1, -0.05) is 25.1 Å². The van der Waals surface area contributed by atoms with Gasteiger partial charge in [-0.15, -0.1) is 11.3 Å². The average molecular weight is 354 g/mol. The van der Waals surface area contributed by atoms with Crippen LogP contribution in [-0.2, 0) is 13.1 Å². The Bertz CT molecular complexity index is 910. The number of para-hydroxylation sites is 1. The lowest BCUT2D eigenvalue weighted by Crippen LogP contribution is -2.47. The number of anilines is 1. The van der Waals surface area contributed by atoms with Crippen molar-refractivity contribution in [3.8, 4) is 0 Å². The van der Waals surface area contributed by atoms with Crippen LogP contribution in [0.4, 0.5) is 5.69 Å². The molecule has 0 aliphatic carbocycles. The molecule has 0 unspecified atom stereocenters. The number of piperazine rings is 1. The first-order valence-corrected chi connectivity index (χ1v) is 9.56. The molecule has 0 spiro atoms. The third kappa shape index (κ3) is 3.32. The number of hydrogen-bond acceptors (Lipinski definition) is 5. The summed E-state index contributed by atoms with van der Waals surface area (Å²) in [4.78, 5) is 24.0. The van der Waals surface area contributed by atoms with E-state index in [4.69, 9.17) is 0 Å². The minimum absolute atomic E-state index is 0.0754. The molecule has 130 valence electrons. The molecule has 1 fully saturated rings. The topological polar surface area (TPSA) is 41.4 Å². The van der Waals surface area contributed by atoms with Crippen molar-refractivity contribution in [3.63, 3.8) is 0 Å². The fraction of sp³-hybridized carbons (Fsp3) is 0.368. The molecular formula is C19H22N4OS. The number of thiophene rings is 1. The van der Waals surface area contributed by atoms with Crippen molar-refractivity contribution in [1.29, 1.82) is 0 Å². The molecule has 3 aromatic rings. The summed E-state index contributed by atoms with van der Waals surface area (Å²) in [6, 6.07) is 12.5. The van der Waals surface area contributed by atoms with Gasteiger partial charge in [-0.05, 0) is 24.6 Å². The van der Waals surface area contributed by atoms with E-state index in [9.17, 15) is 4.79 Å². The van der Waals surface area contributed by atoms with Crippen molar-refractivity contribution in [2.45, 2.75) is 20.0 Å². The van der Waals surface area contributed by atoms with E-state index in [1.165, 1.54) is 10.6 Å². The van der Waals surface area contributed by atoms with Crippen LogP contribution < -0.4 is 10.5 Å². The lowest BCUT2D eigenvalue weighted by Gasteiger charge is -2.36. The van der Waals surface area contributed by atoms with Crippen molar-refractivity contribution in [3.05, 3.63) is 58.0 Å². The van der Waals surface area contributed by atoms with E-state index in [1.54, 1.807) is 22.2 Å². The molecule has 4 rings (SSSR count). The molecule has 1 aliphatic rings. The monoisotopic (exact) mass is 354 g/mol. The second-order valence-electron chi connectivity index (χ2n) is 6.39. The predicted octanol–water partition coefficient (Wildman–Crippen LogP) is 2.80. The van der Waals surface area contributed by atoms with E-state index >= 15 is 0 Å². The van der Waals surface area contributed by atoms with Gasteiger partial charge in [-0.3, -0.25) is 14.3 Å². The summed E-state index contributed by atoms with van der Waals surface area (Å²) >= 11 is 1.62. The number of hydrogen-bond donors (Lipinski definition) is 0. The zero-order valence-corrected chi connectivity index (χ0v) is 15.2. The van der Waals surface area contributed by atoms with Gasteiger partial charge in [0.05, 0.1) is 12.1 Å². The normalized spacial score (nSPS) is 15.8. The van der Waals surface area contributed by atoms with Crippen LogP contribution in [-0.4, -0.2) is 40.6 Å². The van der Waals surface area contributed by atoms with Gasteiger partial charge in [0.2, 0.25) is 0 Å². The summed E-state index contributed by atoms with van der Waals surface area (Å²) in [6.45, 7) is 6.57. The molecule has 1 aliphatic heterocycles. The Balaban J connectivity index is 1.46. The lowest BCUT2D eigenvalue weighted by atomic mass is 10.2. The van der Waals surface area contributed by atoms with E-state index in [0.29, 0.717) is 6.67 Å². The first-order valence-electron chi connectivity index (χ1n) is 8.75. The molecule has 0 atom stereocenters. The first kappa shape index (κ1) is 16.3. The maximum Gasteiger partial charge on any atom is 0.263 e. The van der Waals surface area contributed by atoms with Gasteiger partial charge >= 0.3 is 0 Å². The van der Waals surface area contributed by atoms with Crippen LogP contribution in [0.3, 0.4) is 0 Å². The van der Waals surface area contributed by atoms with Crippen molar-refractivity contribution in [2.75, 3.05) is 31.1 Å². The molecule has 1 aromatic carbocycles. The summed E-state index contributed by atoms with van der Waals surface area (Å²) < 4.78 is 1.74. The fourth-order valence-electron chi connectivity index (χ4n) is 3.29. The maximum absolute atomic E-state index is 12.7. The number of fused-ring (bicyclic) bond motifs is 1. The van der Waals surface area contributed by atoms with Crippen LogP contribution >= 0.6 is 11.3 Å². The standard InChI is InChI=1S/C19H22N4OS/c1-2-16-12-17-18(25-16)20-13-23(19(17)24)14-21-8-10-22(11-9-21)15-6-4-3-5-7-15/h3-7,12-13H,2,8-11,14H2,1H3. The number of aryl methyl sites for hydroxylation is 1. The van der Waals surface area contributed by atoms with Gasteiger partial charge in [-0.2, -0.15) is 0 Å². The Morgan fingerprint density at radius 3 is 2.60 bits per heavy atom. The van der Waals surface area contributed by atoms with E-state index in [-0.39, 0.29) is 5.56 Å². The van der Waals surface area contributed by atoms with Crippen molar-refractivity contribution < 1.29 is 0 Å². The molecule has 0 saturated carbocycles. The van der Waals surface area contributed by atoms with E-state index in [1.807, 2.05) is 12.1 Å². The Morgan fingerprint density at radius 2 is 1.88 bits per heavy atom. The van der Waals surface area contributed by atoms with Crippen LogP contribution in [0.2, 0.25) is 0 Å². The van der Waals surface area contributed by atoms with Gasteiger partial charge in [0.25, 0.3) is 5.56 Å². The number of rotatable bonds is 4. The first-order chi connectivity index (χ1) is 12.2. The van der Waals surface area contributed by atoms with Gasteiger partial charge in [0, 0.05) is 36.7 Å². The smallest absolute Gasteiger partial charge is 0.263 e. The number of aromatic nitrogens is 2. The summed E-state index contributed by atoms with van der Waals surface area (Å²) in [5.41, 5.74) is 1.35. The second-order valence-corrected chi connectivity index (χ2v) is 7.50. The molecule has 25 heavy (non-hydrogen) atoms. The van der Waals surface area contributed by atoms with Crippen LogP contribution in [0.25, 0.3) is 10.2 Å². The number of nitrogens with zero attached hydrogens (tertiary/aromatic N) is 4. The maximum atomic E-state index is 12.7. The highest BCUT2D eigenvalue weighted by Gasteiger charge is 2.18. The van der Waals surface area contributed by atoms with Gasteiger partial charge in [0.1, 0.15) is 11.2 Å². The van der Waals surface area contributed by atoms with E-state index in [0.717, 1.165) is 42.8 Å². The summed E-state index contributed by atoms with van der Waals surface area (Å²) in [5, 5.41) is 0.757. The van der Waals surface area contributed by atoms with Crippen LogP contribution in [0.5, 0.6) is 0 Å². The van der Waals surface area contributed by atoms with E-state index in [2.05, 4.69) is 46.0 Å². The molecule has 5 nitrogen and oxygen atoms in total. The zero-order chi connectivity index (χ0) is 17.2. The van der Waals surface area contributed by atoms with Gasteiger partial charge < -0.3 is 4.90 Å². The Kier molecular flexibility index (Phi) is 4.55. The van der Waals surface area contributed by atoms with Crippen LogP contribution in [0.15, 0.2) is 47.5 Å². The molecule has 1 saturated heterocycles. The van der Waals surface area contributed by atoms with Crippen molar-refractivity contribution in [1.82, 2.24) is 14.5 Å². The third-order valence-electron chi connectivity index (χ3n) is 4.76. The SMILES string of the molecule is CCc1cc2c(=O)n(CN3CCN(c4ccccc4)CC3)cnc2s1. The molecule has 0 bridgehead atoms. The summed E-state index contributed by atoms with van der Waals surface area (Å²) in [6.07, 6.45) is 2.64. The third-order valence-corrected chi connectivity index (χ3v) is 5.95. The molecule has 6 heteroatoms. The molecule has 0 amide bonds. The number of benzene rings is 1. The predicted molar refractivity (Wildman–Crippen MR) is 103 cm³/mol. The van der Waals surface area contributed by atoms with Crippen molar-refractivity contribution in [2.24, 2.45) is 0 Å². The van der Waals surface area contributed by atoms with Crippen LogP contribution in [0, 0.1) is 0 Å². The molecule has 0 N–H and O–H groups in total. The van der Waals surface area contributed by atoms with Gasteiger partial charge in [-0.25, -0.2) is 4.98 Å². The van der Waals surface area contributed by atoms with Crippen molar-refractivity contribution >= 4 is 27.2 Å². The second kappa shape index (κ2) is 6.98. The highest BCUT2D eigenvalue weighted by molar-refractivity contribution is 7.18. The summed E-state index contributed by atoms with van der Waals surface area (Å²) in [5.74, 6) is 0. The Hall–Kier alpha value is -2.18. The fourth-order valence-corrected chi connectivity index (χ4v) is 4.21. The highest BCUT2D eigenvalue weighted by Crippen LogP contribution is 2.21. The molecule has 2 aromatic heterocycles. The summed E-state index contributed by atoms with van der Waals surface area (Å²) in [7, 11) is 0. The minimum Gasteiger partial charge on any atom is -0.369 e.